The van der Waals surface area contributed by atoms with Gasteiger partial charge in [-0.3, -0.25) is 0 Å². The molecule has 5 nitrogen and oxygen atoms in total. The Hall–Kier alpha value is -1.28. The molecule has 7 heteroatoms. The van der Waals surface area contributed by atoms with Crippen LogP contribution < -0.4 is 4.72 Å². The summed E-state index contributed by atoms with van der Waals surface area (Å²) < 4.78 is 26.4. The Labute approximate surface area is 122 Å². The molecule has 1 heterocycles. The van der Waals surface area contributed by atoms with Crippen molar-refractivity contribution in [3.05, 3.63) is 52.0 Å². The zero-order valence-corrected chi connectivity index (χ0v) is 12.5. The van der Waals surface area contributed by atoms with Gasteiger partial charge in [0.15, 0.2) is 0 Å². The van der Waals surface area contributed by atoms with Crippen LogP contribution in [0.5, 0.6) is 0 Å². The lowest BCUT2D eigenvalue weighted by Crippen LogP contribution is -2.27. The lowest BCUT2D eigenvalue weighted by Gasteiger charge is -2.06. The third kappa shape index (κ3) is 4.68. The van der Waals surface area contributed by atoms with E-state index in [1.807, 2.05) is 5.38 Å². The summed E-state index contributed by atoms with van der Waals surface area (Å²) in [5, 5.41) is 10.8. The molecule has 0 radical (unpaired) electrons. The number of hydrogen-bond donors (Lipinski definition) is 2. The molecule has 1 aromatic carbocycles. The first kappa shape index (κ1) is 15.1. The van der Waals surface area contributed by atoms with Crippen LogP contribution in [0.25, 0.3) is 0 Å². The standard InChI is InChI=1S/C13H16N2O3S2/c16-7-11-1-3-12(4-2-11)9-20(17,18)15-6-5-13-8-19-10-14-13/h1-4,8,10,15-16H,5-7,9H2. The van der Waals surface area contributed by atoms with Crippen molar-refractivity contribution in [2.75, 3.05) is 6.54 Å². The number of aromatic nitrogens is 1. The number of nitrogens with one attached hydrogen (secondary N) is 1. The van der Waals surface area contributed by atoms with Crippen molar-refractivity contribution in [2.24, 2.45) is 0 Å². The molecule has 0 saturated carbocycles. The Morgan fingerprint density at radius 3 is 2.50 bits per heavy atom. The molecule has 0 aliphatic carbocycles. The number of rotatable bonds is 7. The molecule has 2 N–H and O–H groups in total. The van der Waals surface area contributed by atoms with Crippen molar-refractivity contribution in [2.45, 2.75) is 18.8 Å². The van der Waals surface area contributed by atoms with E-state index in [2.05, 4.69) is 9.71 Å². The first-order chi connectivity index (χ1) is 9.59. The van der Waals surface area contributed by atoms with E-state index in [0.29, 0.717) is 18.5 Å². The highest BCUT2D eigenvalue weighted by Crippen LogP contribution is 2.08. The zero-order chi connectivity index (χ0) is 14.4. The van der Waals surface area contributed by atoms with Crippen LogP contribution in [0.3, 0.4) is 0 Å². The van der Waals surface area contributed by atoms with Crippen molar-refractivity contribution in [1.82, 2.24) is 9.71 Å². The van der Waals surface area contributed by atoms with E-state index in [1.165, 1.54) is 11.3 Å². The summed E-state index contributed by atoms with van der Waals surface area (Å²) in [6.45, 7) is 0.305. The summed E-state index contributed by atoms with van der Waals surface area (Å²) in [4.78, 5) is 4.10. The van der Waals surface area contributed by atoms with E-state index in [4.69, 9.17) is 5.11 Å². The maximum absolute atomic E-state index is 11.9. The Morgan fingerprint density at radius 1 is 1.20 bits per heavy atom. The molecule has 0 fully saturated rings. The third-order valence-corrected chi connectivity index (χ3v) is 4.74. The van der Waals surface area contributed by atoms with Crippen LogP contribution in [0.15, 0.2) is 35.2 Å². The molecular weight excluding hydrogens is 296 g/mol. The Morgan fingerprint density at radius 2 is 1.90 bits per heavy atom. The molecule has 0 bridgehead atoms. The van der Waals surface area contributed by atoms with Crippen LogP contribution in [0.4, 0.5) is 0 Å². The van der Waals surface area contributed by atoms with Crippen LogP contribution in [-0.2, 0) is 28.8 Å². The monoisotopic (exact) mass is 312 g/mol. The maximum atomic E-state index is 11.9. The van der Waals surface area contributed by atoms with E-state index in [1.54, 1.807) is 29.8 Å². The highest BCUT2D eigenvalue weighted by Gasteiger charge is 2.11. The number of aliphatic hydroxyl groups is 1. The minimum absolute atomic E-state index is 0.0427. The molecule has 0 unspecified atom stereocenters. The van der Waals surface area contributed by atoms with Crippen molar-refractivity contribution in [3.63, 3.8) is 0 Å². The molecule has 20 heavy (non-hydrogen) atoms. The molecular formula is C13H16N2O3S2. The van der Waals surface area contributed by atoms with E-state index in [9.17, 15) is 8.42 Å². The number of hydrogen-bond acceptors (Lipinski definition) is 5. The summed E-state index contributed by atoms with van der Waals surface area (Å²) >= 11 is 1.49. The molecule has 0 aliphatic heterocycles. The predicted octanol–water partition coefficient (Wildman–Crippen LogP) is 1.30. The van der Waals surface area contributed by atoms with Gasteiger partial charge in [-0.1, -0.05) is 24.3 Å². The van der Waals surface area contributed by atoms with Crippen LogP contribution in [0, 0.1) is 0 Å². The number of thiazole rings is 1. The van der Waals surface area contributed by atoms with Gasteiger partial charge in [-0.2, -0.15) is 0 Å². The lowest BCUT2D eigenvalue weighted by molar-refractivity contribution is 0.282. The fourth-order valence-electron chi connectivity index (χ4n) is 1.71. The van der Waals surface area contributed by atoms with Crippen LogP contribution >= 0.6 is 11.3 Å². The fraction of sp³-hybridized carbons (Fsp3) is 0.308. The van der Waals surface area contributed by atoms with Crippen molar-refractivity contribution >= 4 is 21.4 Å². The van der Waals surface area contributed by atoms with Crippen LogP contribution in [0.2, 0.25) is 0 Å². The second-order valence-electron chi connectivity index (χ2n) is 4.36. The molecule has 0 aliphatic rings. The Kier molecular flexibility index (Phi) is 5.24. The fourth-order valence-corrected chi connectivity index (χ4v) is 3.45. The second kappa shape index (κ2) is 6.94. The van der Waals surface area contributed by atoms with Crippen LogP contribution in [-0.4, -0.2) is 25.1 Å². The molecule has 0 atom stereocenters. The number of benzene rings is 1. The maximum Gasteiger partial charge on any atom is 0.215 e. The zero-order valence-electron chi connectivity index (χ0n) is 10.8. The van der Waals surface area contributed by atoms with Gasteiger partial charge in [0.2, 0.25) is 10.0 Å². The van der Waals surface area contributed by atoms with Crippen LogP contribution in [0.1, 0.15) is 16.8 Å². The van der Waals surface area contributed by atoms with Gasteiger partial charge in [0.05, 0.1) is 23.6 Å². The Balaban J connectivity index is 1.86. The number of aliphatic hydroxyl groups excluding tert-OH is 1. The Bertz CT molecular complexity index is 622. The minimum Gasteiger partial charge on any atom is -0.392 e. The molecule has 0 saturated heterocycles. The topological polar surface area (TPSA) is 79.3 Å². The summed E-state index contributed by atoms with van der Waals surface area (Å²) in [5.41, 5.74) is 4.09. The lowest BCUT2D eigenvalue weighted by atomic mass is 10.2. The smallest absolute Gasteiger partial charge is 0.215 e. The van der Waals surface area contributed by atoms with Gasteiger partial charge in [-0.25, -0.2) is 18.1 Å². The largest absolute Gasteiger partial charge is 0.392 e. The average Bonchev–Trinajstić information content (AvgIpc) is 2.92. The molecule has 0 amide bonds. The van der Waals surface area contributed by atoms with Gasteiger partial charge in [-0.05, 0) is 11.1 Å². The highest BCUT2D eigenvalue weighted by molar-refractivity contribution is 7.88. The second-order valence-corrected chi connectivity index (χ2v) is 6.88. The minimum atomic E-state index is -3.34. The van der Waals surface area contributed by atoms with Gasteiger partial charge in [-0.15, -0.1) is 11.3 Å². The van der Waals surface area contributed by atoms with Crippen molar-refractivity contribution in [3.8, 4) is 0 Å². The summed E-state index contributed by atoms with van der Waals surface area (Å²) in [7, 11) is -3.34. The van der Waals surface area contributed by atoms with Gasteiger partial charge < -0.3 is 5.11 Å². The van der Waals surface area contributed by atoms with Gasteiger partial charge in [0, 0.05) is 18.3 Å². The first-order valence-corrected chi connectivity index (χ1v) is 8.71. The molecule has 2 aromatic rings. The van der Waals surface area contributed by atoms with Gasteiger partial charge >= 0.3 is 0 Å². The SMILES string of the molecule is O=S(=O)(Cc1ccc(CO)cc1)NCCc1cscn1. The summed E-state index contributed by atoms with van der Waals surface area (Å²) in [6.07, 6.45) is 0.589. The third-order valence-electron chi connectivity index (χ3n) is 2.75. The first-order valence-electron chi connectivity index (χ1n) is 6.12. The van der Waals surface area contributed by atoms with Crippen molar-refractivity contribution < 1.29 is 13.5 Å². The predicted molar refractivity (Wildman–Crippen MR) is 78.8 cm³/mol. The van der Waals surface area contributed by atoms with Crippen molar-refractivity contribution in [1.29, 1.82) is 0 Å². The molecule has 1 aromatic heterocycles. The normalized spacial score (nSPS) is 11.7. The molecule has 108 valence electrons. The van der Waals surface area contributed by atoms with E-state index in [-0.39, 0.29) is 12.4 Å². The van der Waals surface area contributed by atoms with Gasteiger partial charge in [0.1, 0.15) is 0 Å². The molecule has 2 rings (SSSR count). The highest BCUT2D eigenvalue weighted by atomic mass is 32.2. The summed E-state index contributed by atoms with van der Waals surface area (Å²) in [5.74, 6) is -0.0597. The molecule has 0 spiro atoms. The van der Waals surface area contributed by atoms with E-state index < -0.39 is 10.0 Å². The van der Waals surface area contributed by atoms with E-state index in [0.717, 1.165) is 11.3 Å². The number of nitrogens with zero attached hydrogens (tertiary/aromatic N) is 1. The summed E-state index contributed by atoms with van der Waals surface area (Å²) in [6, 6.07) is 6.87. The average molecular weight is 312 g/mol. The van der Waals surface area contributed by atoms with E-state index >= 15 is 0 Å². The van der Waals surface area contributed by atoms with Gasteiger partial charge in [0.25, 0.3) is 0 Å². The number of sulfonamides is 1. The quantitative estimate of drug-likeness (QED) is 0.807.